The highest BCUT2D eigenvalue weighted by molar-refractivity contribution is 7.92. The lowest BCUT2D eigenvalue weighted by Crippen LogP contribution is -2.49. The number of carbonyl (C=O) groups excluding carboxylic acids is 1. The van der Waals surface area contributed by atoms with Gasteiger partial charge in [0.15, 0.2) is 0 Å². The first-order valence-electron chi connectivity index (χ1n) is 6.29. The molecule has 1 aromatic carbocycles. The number of sulfonamides is 1. The SMILES string of the molecule is CCNC(C)(C)C(=O)Nc1ccccc1NS(C)(=O)=O. The third kappa shape index (κ3) is 4.82. The highest BCUT2D eigenvalue weighted by Gasteiger charge is 2.26. The molecule has 0 bridgehead atoms. The number of para-hydroxylation sites is 2. The van der Waals surface area contributed by atoms with Crippen molar-refractivity contribution in [1.29, 1.82) is 0 Å². The van der Waals surface area contributed by atoms with Gasteiger partial charge in [-0.15, -0.1) is 0 Å². The van der Waals surface area contributed by atoms with Gasteiger partial charge in [-0.1, -0.05) is 19.1 Å². The van der Waals surface area contributed by atoms with Crippen molar-refractivity contribution in [3.8, 4) is 0 Å². The van der Waals surface area contributed by atoms with Crippen LogP contribution in [0.3, 0.4) is 0 Å². The van der Waals surface area contributed by atoms with Crippen LogP contribution in [0.5, 0.6) is 0 Å². The maximum absolute atomic E-state index is 12.2. The Morgan fingerprint density at radius 2 is 1.75 bits per heavy atom. The van der Waals surface area contributed by atoms with Gasteiger partial charge in [-0.05, 0) is 32.5 Å². The summed E-state index contributed by atoms with van der Waals surface area (Å²) in [5.74, 6) is -0.234. The number of amides is 1. The van der Waals surface area contributed by atoms with Gasteiger partial charge in [0.2, 0.25) is 15.9 Å². The Kier molecular flexibility index (Phi) is 5.13. The van der Waals surface area contributed by atoms with E-state index in [1.807, 2.05) is 6.92 Å². The Morgan fingerprint density at radius 3 is 2.25 bits per heavy atom. The summed E-state index contributed by atoms with van der Waals surface area (Å²) in [6.45, 7) is 6.09. The Bertz CT molecular complexity index is 582. The highest BCUT2D eigenvalue weighted by atomic mass is 32.2. The molecule has 0 saturated carbocycles. The van der Waals surface area contributed by atoms with E-state index in [0.29, 0.717) is 17.9 Å². The summed E-state index contributed by atoms with van der Waals surface area (Å²) in [4.78, 5) is 12.2. The normalized spacial score (nSPS) is 12.0. The van der Waals surface area contributed by atoms with Crippen LogP contribution in [0.1, 0.15) is 20.8 Å². The maximum Gasteiger partial charge on any atom is 0.244 e. The summed E-state index contributed by atoms with van der Waals surface area (Å²) < 4.78 is 25.0. The number of rotatable bonds is 6. The quantitative estimate of drug-likeness (QED) is 0.740. The number of hydrogen-bond donors (Lipinski definition) is 3. The lowest BCUT2D eigenvalue weighted by Gasteiger charge is -2.25. The van der Waals surface area contributed by atoms with E-state index in [1.165, 1.54) is 0 Å². The van der Waals surface area contributed by atoms with Crippen LogP contribution in [0, 0.1) is 0 Å². The molecule has 3 N–H and O–H groups in total. The topological polar surface area (TPSA) is 87.3 Å². The van der Waals surface area contributed by atoms with Gasteiger partial charge in [-0.3, -0.25) is 9.52 Å². The second kappa shape index (κ2) is 6.23. The fourth-order valence-electron chi connectivity index (χ4n) is 1.68. The number of benzene rings is 1. The molecule has 112 valence electrons. The minimum Gasteiger partial charge on any atom is -0.323 e. The van der Waals surface area contributed by atoms with E-state index < -0.39 is 15.6 Å². The van der Waals surface area contributed by atoms with E-state index in [9.17, 15) is 13.2 Å². The van der Waals surface area contributed by atoms with E-state index >= 15 is 0 Å². The first kappa shape index (κ1) is 16.5. The summed E-state index contributed by atoms with van der Waals surface area (Å²) in [7, 11) is -3.40. The van der Waals surface area contributed by atoms with Crippen LogP contribution >= 0.6 is 0 Å². The second-order valence-corrected chi connectivity index (χ2v) is 6.78. The number of hydrogen-bond acceptors (Lipinski definition) is 4. The summed E-state index contributed by atoms with van der Waals surface area (Å²) in [6.07, 6.45) is 1.06. The molecule has 0 aliphatic heterocycles. The van der Waals surface area contributed by atoms with Gasteiger partial charge in [0.05, 0.1) is 23.2 Å². The molecule has 0 aromatic heterocycles. The predicted molar refractivity (Wildman–Crippen MR) is 81.3 cm³/mol. The van der Waals surface area contributed by atoms with E-state index in [1.54, 1.807) is 38.1 Å². The minimum absolute atomic E-state index is 0.234. The zero-order valence-electron chi connectivity index (χ0n) is 12.1. The van der Waals surface area contributed by atoms with Crippen LogP contribution in [-0.4, -0.2) is 32.7 Å². The molecular formula is C13H21N3O3S. The summed E-state index contributed by atoms with van der Waals surface area (Å²) >= 11 is 0. The monoisotopic (exact) mass is 299 g/mol. The van der Waals surface area contributed by atoms with Gasteiger partial charge in [0.1, 0.15) is 0 Å². The standard InChI is InChI=1S/C13H21N3O3S/c1-5-14-13(2,3)12(17)15-10-8-6-7-9-11(10)16-20(4,18)19/h6-9,14,16H,5H2,1-4H3,(H,15,17). The van der Waals surface area contributed by atoms with Crippen LogP contribution in [0.25, 0.3) is 0 Å². The van der Waals surface area contributed by atoms with Gasteiger partial charge < -0.3 is 10.6 Å². The smallest absolute Gasteiger partial charge is 0.244 e. The molecule has 0 atom stereocenters. The zero-order valence-corrected chi connectivity index (χ0v) is 13.0. The van der Waals surface area contributed by atoms with Gasteiger partial charge in [0, 0.05) is 0 Å². The van der Waals surface area contributed by atoms with Crippen molar-refractivity contribution in [3.63, 3.8) is 0 Å². The molecule has 0 radical (unpaired) electrons. The predicted octanol–water partition coefficient (Wildman–Crippen LogP) is 1.38. The Labute approximate surface area is 120 Å². The molecule has 1 aromatic rings. The highest BCUT2D eigenvalue weighted by Crippen LogP contribution is 2.23. The number of nitrogens with one attached hydrogen (secondary N) is 3. The molecule has 0 spiro atoms. The first-order valence-corrected chi connectivity index (χ1v) is 8.18. The first-order chi connectivity index (χ1) is 9.15. The third-order valence-corrected chi connectivity index (χ3v) is 3.25. The molecule has 0 heterocycles. The second-order valence-electron chi connectivity index (χ2n) is 5.03. The van der Waals surface area contributed by atoms with E-state index in [0.717, 1.165) is 6.26 Å². The van der Waals surface area contributed by atoms with E-state index in [4.69, 9.17) is 0 Å². The van der Waals surface area contributed by atoms with Gasteiger partial charge in [-0.2, -0.15) is 0 Å². The van der Waals surface area contributed by atoms with Crippen molar-refractivity contribution in [2.45, 2.75) is 26.3 Å². The van der Waals surface area contributed by atoms with E-state index in [-0.39, 0.29) is 5.91 Å². The zero-order chi connectivity index (χ0) is 15.4. The molecule has 6 nitrogen and oxygen atoms in total. The maximum atomic E-state index is 12.2. The molecule has 0 aliphatic carbocycles. The molecule has 0 unspecified atom stereocenters. The largest absolute Gasteiger partial charge is 0.323 e. The van der Waals surface area contributed by atoms with E-state index in [2.05, 4.69) is 15.4 Å². The van der Waals surface area contributed by atoms with Crippen LogP contribution in [-0.2, 0) is 14.8 Å². The summed E-state index contributed by atoms with van der Waals surface area (Å²) in [5, 5.41) is 5.79. The molecule has 1 rings (SSSR count). The molecule has 0 aliphatic rings. The van der Waals surface area contributed by atoms with Crippen LogP contribution < -0.4 is 15.4 Å². The molecule has 20 heavy (non-hydrogen) atoms. The molecule has 7 heteroatoms. The minimum atomic E-state index is -3.40. The Hall–Kier alpha value is -1.60. The van der Waals surface area contributed by atoms with Crippen molar-refractivity contribution in [2.24, 2.45) is 0 Å². The molecule has 0 saturated heterocycles. The summed E-state index contributed by atoms with van der Waals surface area (Å²) in [6, 6.07) is 6.66. The van der Waals surface area contributed by atoms with Gasteiger partial charge in [-0.25, -0.2) is 8.42 Å². The van der Waals surface area contributed by atoms with Crippen LogP contribution in [0.15, 0.2) is 24.3 Å². The van der Waals surface area contributed by atoms with Crippen LogP contribution in [0.2, 0.25) is 0 Å². The average Bonchev–Trinajstić information content (AvgIpc) is 2.29. The number of likely N-dealkylation sites (N-methyl/N-ethyl adjacent to an activating group) is 1. The lowest BCUT2D eigenvalue weighted by atomic mass is 10.0. The fourth-order valence-corrected chi connectivity index (χ4v) is 2.26. The lowest BCUT2D eigenvalue weighted by molar-refractivity contribution is -0.121. The molecular weight excluding hydrogens is 278 g/mol. The van der Waals surface area contributed by atoms with Gasteiger partial charge in [0.25, 0.3) is 0 Å². The van der Waals surface area contributed by atoms with Crippen molar-refractivity contribution in [1.82, 2.24) is 5.32 Å². The van der Waals surface area contributed by atoms with Crippen molar-refractivity contribution >= 4 is 27.3 Å². The van der Waals surface area contributed by atoms with Crippen molar-refractivity contribution in [3.05, 3.63) is 24.3 Å². The summed E-state index contributed by atoms with van der Waals surface area (Å²) in [5.41, 5.74) is 0.0250. The van der Waals surface area contributed by atoms with Crippen molar-refractivity contribution < 1.29 is 13.2 Å². The number of anilines is 2. The Morgan fingerprint density at radius 1 is 1.20 bits per heavy atom. The number of carbonyl (C=O) groups is 1. The molecule has 0 fully saturated rings. The van der Waals surface area contributed by atoms with Crippen LogP contribution in [0.4, 0.5) is 11.4 Å². The fraction of sp³-hybridized carbons (Fsp3) is 0.462. The molecule has 1 amide bonds. The van der Waals surface area contributed by atoms with Crippen molar-refractivity contribution in [2.75, 3.05) is 22.8 Å². The van der Waals surface area contributed by atoms with Gasteiger partial charge >= 0.3 is 0 Å². The average molecular weight is 299 g/mol. The Balaban J connectivity index is 2.96. The third-order valence-electron chi connectivity index (χ3n) is 2.66.